The van der Waals surface area contributed by atoms with Crippen LogP contribution in [0.5, 0.6) is 5.88 Å². The molecule has 0 aliphatic carbocycles. The lowest BCUT2D eigenvalue weighted by atomic mass is 10.0. The summed E-state index contributed by atoms with van der Waals surface area (Å²) in [4.78, 5) is 4.42. The molecule has 2 aromatic carbocycles. The van der Waals surface area contributed by atoms with E-state index in [1.165, 1.54) is 0 Å². The normalized spacial score (nSPS) is 11.3. The highest BCUT2D eigenvalue weighted by Crippen LogP contribution is 2.31. The van der Waals surface area contributed by atoms with E-state index < -0.39 is 0 Å². The molecule has 4 nitrogen and oxygen atoms in total. The summed E-state index contributed by atoms with van der Waals surface area (Å²) >= 11 is 6.37. The lowest BCUT2D eigenvalue weighted by molar-refractivity contribution is 0.399. The van der Waals surface area contributed by atoms with Crippen molar-refractivity contribution in [3.8, 4) is 17.0 Å². The zero-order valence-corrected chi connectivity index (χ0v) is 13.5. The van der Waals surface area contributed by atoms with Gasteiger partial charge in [0.05, 0.1) is 23.2 Å². The Morgan fingerprint density at radius 3 is 2.52 bits per heavy atom. The van der Waals surface area contributed by atoms with Gasteiger partial charge in [0.2, 0.25) is 5.88 Å². The number of pyridine rings is 1. The van der Waals surface area contributed by atoms with Crippen LogP contribution in [-0.4, -0.2) is 21.9 Å². The zero-order valence-electron chi connectivity index (χ0n) is 12.7. The Kier molecular flexibility index (Phi) is 3.20. The number of hydrogen-bond acceptors (Lipinski definition) is 3. The summed E-state index contributed by atoms with van der Waals surface area (Å²) in [6, 6.07) is 14.0. The molecule has 4 rings (SSSR count). The number of benzene rings is 2. The average molecular weight is 324 g/mol. The Morgan fingerprint density at radius 1 is 1.00 bits per heavy atom. The van der Waals surface area contributed by atoms with Gasteiger partial charge in [0.1, 0.15) is 0 Å². The van der Waals surface area contributed by atoms with E-state index in [-0.39, 0.29) is 0 Å². The molecule has 5 heteroatoms. The summed E-state index contributed by atoms with van der Waals surface area (Å²) in [7, 11) is 3.51. The topological polar surface area (TPSA) is 39.9 Å². The van der Waals surface area contributed by atoms with Crippen molar-refractivity contribution >= 4 is 33.4 Å². The highest BCUT2D eigenvalue weighted by Gasteiger charge is 2.08. The van der Waals surface area contributed by atoms with Gasteiger partial charge in [0.15, 0.2) is 0 Å². The second-order valence-electron chi connectivity index (χ2n) is 5.45. The quantitative estimate of drug-likeness (QED) is 0.547. The minimum absolute atomic E-state index is 0.520. The molecule has 114 valence electrons. The first-order valence-electron chi connectivity index (χ1n) is 7.22. The van der Waals surface area contributed by atoms with Crippen LogP contribution in [0.25, 0.3) is 32.9 Å². The Balaban J connectivity index is 1.88. The van der Waals surface area contributed by atoms with Crippen LogP contribution < -0.4 is 4.74 Å². The third-order valence-corrected chi connectivity index (χ3v) is 4.21. The highest BCUT2D eigenvalue weighted by atomic mass is 35.5. The van der Waals surface area contributed by atoms with E-state index in [2.05, 4.69) is 28.3 Å². The maximum absolute atomic E-state index is 6.37. The first-order valence-corrected chi connectivity index (χ1v) is 7.60. The van der Waals surface area contributed by atoms with Gasteiger partial charge in [-0.1, -0.05) is 23.7 Å². The minimum Gasteiger partial charge on any atom is -0.481 e. The molecule has 0 atom stereocenters. The van der Waals surface area contributed by atoms with Crippen molar-refractivity contribution in [1.82, 2.24) is 14.8 Å². The number of aromatic nitrogens is 3. The molecule has 4 aromatic rings. The van der Waals surface area contributed by atoms with E-state index in [9.17, 15) is 0 Å². The highest BCUT2D eigenvalue weighted by molar-refractivity contribution is 6.35. The van der Waals surface area contributed by atoms with Crippen LogP contribution in [0.2, 0.25) is 5.02 Å². The van der Waals surface area contributed by atoms with Crippen molar-refractivity contribution in [2.24, 2.45) is 7.05 Å². The molecule has 0 aliphatic rings. The molecule has 0 spiro atoms. The van der Waals surface area contributed by atoms with Crippen LogP contribution in [0, 0.1) is 0 Å². The number of nitrogens with zero attached hydrogens (tertiary/aromatic N) is 3. The molecule has 0 bridgehead atoms. The van der Waals surface area contributed by atoms with Crippen LogP contribution in [0.15, 0.2) is 48.7 Å². The van der Waals surface area contributed by atoms with Gasteiger partial charge in [-0.15, -0.1) is 0 Å². The summed E-state index contributed by atoms with van der Waals surface area (Å²) in [5.74, 6) is 0.520. The molecular formula is C18H14ClN3O. The minimum atomic E-state index is 0.520. The largest absolute Gasteiger partial charge is 0.481 e. The van der Waals surface area contributed by atoms with Crippen molar-refractivity contribution < 1.29 is 4.74 Å². The van der Waals surface area contributed by atoms with Gasteiger partial charge in [-0.05, 0) is 35.4 Å². The fourth-order valence-corrected chi connectivity index (χ4v) is 3.02. The maximum Gasteiger partial charge on any atom is 0.215 e. The molecule has 2 heterocycles. The molecule has 0 fully saturated rings. The van der Waals surface area contributed by atoms with Crippen LogP contribution >= 0.6 is 11.6 Å². The smallest absolute Gasteiger partial charge is 0.215 e. The first-order chi connectivity index (χ1) is 11.1. The van der Waals surface area contributed by atoms with Gasteiger partial charge in [-0.2, -0.15) is 5.10 Å². The van der Waals surface area contributed by atoms with Crippen molar-refractivity contribution in [2.45, 2.75) is 0 Å². The van der Waals surface area contributed by atoms with Gasteiger partial charge in [-0.3, -0.25) is 4.68 Å². The predicted octanol–water partition coefficient (Wildman–Crippen LogP) is 4.45. The summed E-state index contributed by atoms with van der Waals surface area (Å²) in [5, 5.41) is 7.07. The number of ether oxygens (including phenoxy) is 1. The number of halogens is 1. The second kappa shape index (κ2) is 5.25. The fraction of sp³-hybridized carbons (Fsp3) is 0.111. The molecule has 0 saturated carbocycles. The average Bonchev–Trinajstić information content (AvgIpc) is 2.93. The number of hydrogen-bond donors (Lipinski definition) is 0. The number of aryl methyl sites for hydroxylation is 1. The van der Waals surface area contributed by atoms with E-state index in [1.54, 1.807) is 13.2 Å². The molecule has 0 unspecified atom stereocenters. The molecule has 0 saturated heterocycles. The van der Waals surface area contributed by atoms with Gasteiger partial charge in [-0.25, -0.2) is 4.98 Å². The number of rotatable bonds is 2. The van der Waals surface area contributed by atoms with Crippen LogP contribution in [0.3, 0.4) is 0 Å². The van der Waals surface area contributed by atoms with Crippen molar-refractivity contribution in [3.63, 3.8) is 0 Å². The Labute approximate surface area is 138 Å². The summed E-state index contributed by atoms with van der Waals surface area (Å²) in [5.41, 5.74) is 4.03. The summed E-state index contributed by atoms with van der Waals surface area (Å²) in [6.07, 6.45) is 2.01. The number of methoxy groups -OCH3 is 1. The third kappa shape index (κ3) is 2.41. The lowest BCUT2D eigenvalue weighted by Gasteiger charge is -2.07. The molecule has 23 heavy (non-hydrogen) atoms. The summed E-state index contributed by atoms with van der Waals surface area (Å²) < 4.78 is 6.99. The van der Waals surface area contributed by atoms with Crippen molar-refractivity contribution in [3.05, 3.63) is 53.7 Å². The van der Waals surface area contributed by atoms with Gasteiger partial charge in [0.25, 0.3) is 0 Å². The zero-order chi connectivity index (χ0) is 16.0. The molecular weight excluding hydrogens is 310 g/mol. The Morgan fingerprint density at radius 2 is 1.74 bits per heavy atom. The van der Waals surface area contributed by atoms with E-state index in [1.807, 2.05) is 36.1 Å². The lowest BCUT2D eigenvalue weighted by Crippen LogP contribution is -1.89. The van der Waals surface area contributed by atoms with E-state index >= 15 is 0 Å². The second-order valence-corrected chi connectivity index (χ2v) is 5.86. The van der Waals surface area contributed by atoms with Crippen LogP contribution in [0.1, 0.15) is 0 Å². The molecule has 0 N–H and O–H groups in total. The molecule has 0 aliphatic heterocycles. The third-order valence-electron chi connectivity index (χ3n) is 3.90. The van der Waals surface area contributed by atoms with E-state index in [4.69, 9.17) is 16.3 Å². The van der Waals surface area contributed by atoms with E-state index in [0.29, 0.717) is 10.9 Å². The van der Waals surface area contributed by atoms with Gasteiger partial charge >= 0.3 is 0 Å². The van der Waals surface area contributed by atoms with Gasteiger partial charge < -0.3 is 4.74 Å². The van der Waals surface area contributed by atoms with E-state index in [0.717, 1.165) is 32.9 Å². The standard InChI is InChI=1S/C18H14ClN3O/c1-22-10-13-7-11(3-5-16(13)21-22)12-4-6-17-14(8-12)15(19)9-18(20-17)23-2/h3-10H,1-2H3. The van der Waals surface area contributed by atoms with Crippen molar-refractivity contribution in [1.29, 1.82) is 0 Å². The van der Waals surface area contributed by atoms with Crippen molar-refractivity contribution in [2.75, 3.05) is 7.11 Å². The van der Waals surface area contributed by atoms with Gasteiger partial charge in [0, 0.05) is 30.1 Å². The Hall–Kier alpha value is -2.59. The molecule has 0 amide bonds. The SMILES string of the molecule is COc1cc(Cl)c2cc(-c3ccc4nn(C)cc4c3)ccc2n1. The fourth-order valence-electron chi connectivity index (χ4n) is 2.77. The summed E-state index contributed by atoms with van der Waals surface area (Å²) in [6.45, 7) is 0. The predicted molar refractivity (Wildman–Crippen MR) is 93.0 cm³/mol. The molecule has 0 radical (unpaired) electrons. The van der Waals surface area contributed by atoms with Crippen LogP contribution in [0.4, 0.5) is 0 Å². The van der Waals surface area contributed by atoms with Crippen LogP contribution in [-0.2, 0) is 7.05 Å². The molecule has 2 aromatic heterocycles. The maximum atomic E-state index is 6.37. The number of fused-ring (bicyclic) bond motifs is 2. The Bertz CT molecular complexity index is 1040. The monoisotopic (exact) mass is 323 g/mol. The first kappa shape index (κ1) is 14.0.